The highest BCUT2D eigenvalue weighted by atomic mass is 16.4. The molecule has 0 aromatic heterocycles. The monoisotopic (exact) mass is 255 g/mol. The Hall–Kier alpha value is -1.06. The van der Waals surface area contributed by atoms with E-state index in [2.05, 4.69) is 5.32 Å². The third-order valence-corrected chi connectivity index (χ3v) is 4.27. The van der Waals surface area contributed by atoms with E-state index in [1.54, 1.807) is 0 Å². The van der Waals surface area contributed by atoms with E-state index in [4.69, 9.17) is 0 Å². The lowest BCUT2D eigenvalue weighted by Crippen LogP contribution is -2.56. The minimum atomic E-state index is -0.790. The molecule has 18 heavy (non-hydrogen) atoms. The van der Waals surface area contributed by atoms with E-state index >= 15 is 0 Å². The number of carbonyl (C=O) groups excluding carboxylic acids is 1. The summed E-state index contributed by atoms with van der Waals surface area (Å²) in [6, 6.07) is 0. The summed E-state index contributed by atoms with van der Waals surface area (Å²) < 4.78 is 0. The minimum Gasteiger partial charge on any atom is -0.481 e. The number of nitrogens with one attached hydrogen (secondary N) is 1. The molecule has 104 valence electrons. The minimum absolute atomic E-state index is 0.00167. The molecule has 1 saturated carbocycles. The number of hydrogen-bond donors (Lipinski definition) is 2. The number of carboxylic acid groups (broad SMARTS) is 1. The van der Waals surface area contributed by atoms with E-state index in [0.29, 0.717) is 6.42 Å². The van der Waals surface area contributed by atoms with Gasteiger partial charge in [0, 0.05) is 5.92 Å². The first-order valence-electron chi connectivity index (χ1n) is 6.99. The van der Waals surface area contributed by atoms with E-state index < -0.39 is 17.4 Å². The Morgan fingerprint density at radius 2 is 1.94 bits per heavy atom. The number of hydrogen-bond acceptors (Lipinski definition) is 2. The van der Waals surface area contributed by atoms with Crippen LogP contribution in [0.3, 0.4) is 0 Å². The van der Waals surface area contributed by atoms with Gasteiger partial charge in [0.1, 0.15) is 0 Å². The molecule has 1 rings (SSSR count). The summed E-state index contributed by atoms with van der Waals surface area (Å²) in [4.78, 5) is 23.5. The maximum Gasteiger partial charge on any atom is 0.308 e. The van der Waals surface area contributed by atoms with Crippen molar-refractivity contribution >= 4 is 11.9 Å². The molecule has 1 amide bonds. The summed E-state index contributed by atoms with van der Waals surface area (Å²) in [6.45, 7) is 5.86. The number of amides is 1. The lowest BCUT2D eigenvalue weighted by atomic mass is 9.73. The van der Waals surface area contributed by atoms with Crippen LogP contribution in [0.5, 0.6) is 0 Å². The Bertz CT molecular complexity index is 312. The molecule has 0 bridgehead atoms. The Morgan fingerprint density at radius 1 is 1.33 bits per heavy atom. The highest BCUT2D eigenvalue weighted by Gasteiger charge is 2.42. The molecule has 2 atom stereocenters. The first kappa shape index (κ1) is 15.0. The molecule has 0 aromatic rings. The fourth-order valence-electron chi connectivity index (χ4n) is 2.92. The summed E-state index contributed by atoms with van der Waals surface area (Å²) in [7, 11) is 0. The molecular weight excluding hydrogens is 230 g/mol. The van der Waals surface area contributed by atoms with E-state index in [1.807, 2.05) is 20.8 Å². The summed E-state index contributed by atoms with van der Waals surface area (Å²) in [6.07, 6.45) is 4.95. The molecule has 0 radical (unpaired) electrons. The second-order valence-corrected chi connectivity index (χ2v) is 5.56. The average Bonchev–Trinajstić information content (AvgIpc) is 2.30. The quantitative estimate of drug-likeness (QED) is 0.793. The Morgan fingerprint density at radius 3 is 2.44 bits per heavy atom. The third kappa shape index (κ3) is 3.24. The van der Waals surface area contributed by atoms with E-state index in [-0.39, 0.29) is 11.8 Å². The van der Waals surface area contributed by atoms with Crippen molar-refractivity contribution < 1.29 is 14.7 Å². The van der Waals surface area contributed by atoms with Crippen molar-refractivity contribution in [3.05, 3.63) is 0 Å². The van der Waals surface area contributed by atoms with Crippen LogP contribution in [0.1, 0.15) is 59.3 Å². The third-order valence-electron chi connectivity index (χ3n) is 4.27. The van der Waals surface area contributed by atoms with Crippen LogP contribution in [0.4, 0.5) is 0 Å². The highest BCUT2D eigenvalue weighted by molar-refractivity contribution is 5.81. The van der Waals surface area contributed by atoms with E-state index in [1.165, 1.54) is 0 Å². The molecule has 4 heteroatoms. The van der Waals surface area contributed by atoms with Crippen LogP contribution in [0.2, 0.25) is 0 Å². The molecule has 2 unspecified atom stereocenters. The topological polar surface area (TPSA) is 66.4 Å². The SMILES string of the molecule is CCC(CC)C(=O)NC1(C)CCCCC1C(=O)O. The zero-order valence-corrected chi connectivity index (χ0v) is 11.7. The Balaban J connectivity index is 2.77. The molecule has 2 N–H and O–H groups in total. The first-order chi connectivity index (χ1) is 8.44. The molecule has 1 aliphatic rings. The van der Waals surface area contributed by atoms with Crippen LogP contribution >= 0.6 is 0 Å². The summed E-state index contributed by atoms with van der Waals surface area (Å²) >= 11 is 0. The van der Waals surface area contributed by atoms with Gasteiger partial charge in [-0.25, -0.2) is 0 Å². The zero-order chi connectivity index (χ0) is 13.8. The Labute approximate surface area is 109 Å². The van der Waals surface area contributed by atoms with E-state index in [9.17, 15) is 14.7 Å². The van der Waals surface area contributed by atoms with Gasteiger partial charge in [-0.05, 0) is 32.6 Å². The van der Waals surface area contributed by atoms with Gasteiger partial charge in [-0.2, -0.15) is 0 Å². The van der Waals surface area contributed by atoms with Crippen molar-refractivity contribution in [1.29, 1.82) is 0 Å². The zero-order valence-electron chi connectivity index (χ0n) is 11.7. The maximum atomic E-state index is 12.1. The largest absolute Gasteiger partial charge is 0.481 e. The number of carbonyl (C=O) groups is 2. The first-order valence-corrected chi connectivity index (χ1v) is 6.99. The van der Waals surface area contributed by atoms with Crippen LogP contribution in [0, 0.1) is 11.8 Å². The predicted octanol–water partition coefficient (Wildman–Crippen LogP) is 2.57. The van der Waals surface area contributed by atoms with Gasteiger partial charge in [-0.15, -0.1) is 0 Å². The number of carboxylic acids is 1. The lowest BCUT2D eigenvalue weighted by Gasteiger charge is -2.40. The predicted molar refractivity (Wildman–Crippen MR) is 70.2 cm³/mol. The maximum absolute atomic E-state index is 12.1. The van der Waals surface area contributed by atoms with Gasteiger partial charge in [0.2, 0.25) is 5.91 Å². The van der Waals surface area contributed by atoms with Crippen LogP contribution < -0.4 is 5.32 Å². The molecule has 1 fully saturated rings. The second kappa shape index (κ2) is 6.21. The van der Waals surface area contributed by atoms with Crippen LogP contribution in [0.25, 0.3) is 0 Å². The molecule has 0 aromatic carbocycles. The average molecular weight is 255 g/mol. The van der Waals surface area contributed by atoms with Gasteiger partial charge in [0.05, 0.1) is 11.5 Å². The molecule has 0 heterocycles. The van der Waals surface area contributed by atoms with Gasteiger partial charge in [-0.3, -0.25) is 9.59 Å². The van der Waals surface area contributed by atoms with Gasteiger partial charge >= 0.3 is 5.97 Å². The highest BCUT2D eigenvalue weighted by Crippen LogP contribution is 2.34. The van der Waals surface area contributed by atoms with Crippen molar-refractivity contribution in [2.24, 2.45) is 11.8 Å². The van der Waals surface area contributed by atoms with Crippen molar-refractivity contribution in [3.8, 4) is 0 Å². The molecule has 4 nitrogen and oxygen atoms in total. The smallest absolute Gasteiger partial charge is 0.308 e. The van der Waals surface area contributed by atoms with Crippen LogP contribution in [-0.4, -0.2) is 22.5 Å². The molecule has 1 aliphatic carbocycles. The summed E-state index contributed by atoms with van der Waals surface area (Å²) in [5.41, 5.74) is -0.580. The molecule has 0 saturated heterocycles. The van der Waals surface area contributed by atoms with Crippen molar-refractivity contribution in [2.75, 3.05) is 0 Å². The Kier molecular flexibility index (Phi) is 5.17. The van der Waals surface area contributed by atoms with Gasteiger partial charge in [-0.1, -0.05) is 26.7 Å². The molecular formula is C14H25NO3. The lowest BCUT2D eigenvalue weighted by molar-refractivity contribution is -0.147. The summed E-state index contributed by atoms with van der Waals surface area (Å²) in [5.74, 6) is -1.24. The van der Waals surface area contributed by atoms with Crippen molar-refractivity contribution in [3.63, 3.8) is 0 Å². The van der Waals surface area contributed by atoms with Crippen LogP contribution in [0.15, 0.2) is 0 Å². The standard InChI is InChI=1S/C14H25NO3/c1-4-10(5-2)12(16)15-14(3)9-7-6-8-11(14)13(17)18/h10-11H,4-9H2,1-3H3,(H,15,16)(H,17,18). The van der Waals surface area contributed by atoms with E-state index in [0.717, 1.165) is 32.1 Å². The number of rotatable bonds is 5. The van der Waals surface area contributed by atoms with Crippen molar-refractivity contribution in [2.45, 2.75) is 64.8 Å². The molecule has 0 spiro atoms. The van der Waals surface area contributed by atoms with Crippen LogP contribution in [-0.2, 0) is 9.59 Å². The second-order valence-electron chi connectivity index (χ2n) is 5.56. The fourth-order valence-corrected chi connectivity index (χ4v) is 2.92. The summed E-state index contributed by atoms with van der Waals surface area (Å²) in [5, 5.41) is 12.3. The fraction of sp³-hybridized carbons (Fsp3) is 0.857. The molecule has 0 aliphatic heterocycles. The van der Waals surface area contributed by atoms with Gasteiger partial charge in [0.25, 0.3) is 0 Å². The number of aliphatic carboxylic acids is 1. The van der Waals surface area contributed by atoms with Crippen molar-refractivity contribution in [1.82, 2.24) is 5.32 Å². The normalized spacial score (nSPS) is 28.1. The van der Waals surface area contributed by atoms with Gasteiger partial charge in [0.15, 0.2) is 0 Å². The van der Waals surface area contributed by atoms with Gasteiger partial charge < -0.3 is 10.4 Å².